The van der Waals surface area contributed by atoms with Gasteiger partial charge in [0.1, 0.15) is 11.6 Å². The average Bonchev–Trinajstić information content (AvgIpc) is 3.09. The number of hydrogen-bond donors (Lipinski definition) is 4. The third-order valence-electron chi connectivity index (χ3n) is 5.65. The van der Waals surface area contributed by atoms with Gasteiger partial charge in [-0.3, -0.25) is 14.4 Å². The second-order valence-electron chi connectivity index (χ2n) is 9.91. The summed E-state index contributed by atoms with van der Waals surface area (Å²) in [6.07, 6.45) is 0.597. The Hall–Kier alpha value is -2.45. The molecule has 0 heterocycles. The lowest BCUT2D eigenvalue weighted by Crippen LogP contribution is -2.55. The van der Waals surface area contributed by atoms with Crippen LogP contribution in [0, 0.1) is 11.3 Å². The molecule has 0 fully saturated rings. The molecule has 0 bridgehead atoms. The van der Waals surface area contributed by atoms with Crippen LogP contribution in [-0.2, 0) is 45.2 Å². The monoisotopic (exact) mass is 448 g/mol. The van der Waals surface area contributed by atoms with Crippen LogP contribution in [0.4, 0.5) is 0 Å². The first-order chi connectivity index (χ1) is 14.9. The van der Waals surface area contributed by atoms with Gasteiger partial charge in [-0.2, -0.15) is 0 Å². The molecule has 1 aromatic carbocycles. The van der Waals surface area contributed by atoms with Gasteiger partial charge in [0.25, 0.3) is 0 Å². The first-order valence-electron chi connectivity index (χ1n) is 11.0. The summed E-state index contributed by atoms with van der Waals surface area (Å²) in [5, 5.41) is 24.7. The van der Waals surface area contributed by atoms with Gasteiger partial charge in [0, 0.05) is 7.05 Å². The Bertz CT molecular complexity index is 839. The lowest BCUT2D eigenvalue weighted by Gasteiger charge is -2.31. The Morgan fingerprint density at radius 3 is 1.94 bits per heavy atom. The lowest BCUT2D eigenvalue weighted by atomic mass is 9.82. The number of ether oxygens (including phenoxy) is 1. The van der Waals surface area contributed by atoms with E-state index in [1.54, 1.807) is 32.9 Å². The molecule has 0 saturated carbocycles. The van der Waals surface area contributed by atoms with Gasteiger partial charge in [0.05, 0.1) is 13.2 Å². The standard InChI is InChI=1S/C24H36N2O6/c1-14(2)7-19(20(29)25-6)26-21(30)24(22(31)32-23(3,4)5)10-15-8-17(12-27)18(13-28)9-16(15)11-24/h8-9,14,19,27-28H,7,10-13H2,1-6H3,(H,25,29)(H,26,30)/t19-/m1/s1. The summed E-state index contributed by atoms with van der Waals surface area (Å²) in [6, 6.07) is 2.67. The number of carbonyl (C=O) groups is 3. The van der Waals surface area contributed by atoms with Gasteiger partial charge in [0.15, 0.2) is 5.41 Å². The number of amides is 2. The van der Waals surface area contributed by atoms with Gasteiger partial charge in [-0.25, -0.2) is 0 Å². The molecule has 32 heavy (non-hydrogen) atoms. The van der Waals surface area contributed by atoms with Gasteiger partial charge in [-0.05, 0) is 68.2 Å². The summed E-state index contributed by atoms with van der Waals surface area (Å²) in [5.74, 6) is -1.40. The molecule has 2 amide bonds. The number of fused-ring (bicyclic) bond motifs is 1. The zero-order valence-corrected chi connectivity index (χ0v) is 19.9. The van der Waals surface area contributed by atoms with E-state index in [4.69, 9.17) is 4.74 Å². The predicted octanol–water partition coefficient (Wildman–Crippen LogP) is 1.37. The summed E-state index contributed by atoms with van der Waals surface area (Å²) in [7, 11) is 1.50. The first-order valence-corrected chi connectivity index (χ1v) is 11.0. The molecule has 0 aromatic heterocycles. The van der Waals surface area contributed by atoms with Crippen LogP contribution in [0.25, 0.3) is 0 Å². The van der Waals surface area contributed by atoms with Crippen molar-refractivity contribution in [1.29, 1.82) is 0 Å². The van der Waals surface area contributed by atoms with Crippen LogP contribution < -0.4 is 10.6 Å². The number of aliphatic hydroxyl groups excluding tert-OH is 2. The third-order valence-corrected chi connectivity index (χ3v) is 5.65. The number of esters is 1. The fourth-order valence-electron chi connectivity index (χ4n) is 4.07. The summed E-state index contributed by atoms with van der Waals surface area (Å²) >= 11 is 0. The van der Waals surface area contributed by atoms with Gasteiger partial charge in [-0.15, -0.1) is 0 Å². The maximum atomic E-state index is 13.6. The highest BCUT2D eigenvalue weighted by Crippen LogP contribution is 2.41. The van der Waals surface area contributed by atoms with Crippen molar-refractivity contribution in [3.05, 3.63) is 34.4 Å². The van der Waals surface area contributed by atoms with Crippen molar-refractivity contribution in [2.75, 3.05) is 7.05 Å². The second-order valence-corrected chi connectivity index (χ2v) is 9.91. The summed E-state index contributed by atoms with van der Waals surface area (Å²) < 4.78 is 5.64. The Morgan fingerprint density at radius 1 is 1.06 bits per heavy atom. The van der Waals surface area contributed by atoms with Crippen molar-refractivity contribution in [3.63, 3.8) is 0 Å². The first kappa shape index (κ1) is 25.8. The van der Waals surface area contributed by atoms with E-state index in [2.05, 4.69) is 10.6 Å². The zero-order chi connectivity index (χ0) is 24.3. The minimum absolute atomic E-state index is 0.0872. The molecular weight excluding hydrogens is 412 g/mol. The Labute approximate surface area is 189 Å². The molecule has 0 spiro atoms. The van der Waals surface area contributed by atoms with Crippen molar-refractivity contribution >= 4 is 17.8 Å². The minimum atomic E-state index is -1.54. The van der Waals surface area contributed by atoms with E-state index >= 15 is 0 Å². The van der Waals surface area contributed by atoms with Crippen molar-refractivity contribution in [3.8, 4) is 0 Å². The maximum Gasteiger partial charge on any atom is 0.322 e. The van der Waals surface area contributed by atoms with Crippen molar-refractivity contribution in [2.24, 2.45) is 11.3 Å². The molecule has 1 aliphatic carbocycles. The molecule has 4 N–H and O–H groups in total. The number of rotatable bonds is 8. The number of hydrogen-bond acceptors (Lipinski definition) is 6. The number of aliphatic hydroxyl groups is 2. The predicted molar refractivity (Wildman–Crippen MR) is 119 cm³/mol. The number of likely N-dealkylation sites (N-methyl/N-ethyl adjacent to an activating group) is 1. The highest BCUT2D eigenvalue weighted by atomic mass is 16.6. The van der Waals surface area contributed by atoms with Gasteiger partial charge in [0.2, 0.25) is 11.8 Å². The smallest absolute Gasteiger partial charge is 0.322 e. The van der Waals surface area contributed by atoms with E-state index in [0.29, 0.717) is 17.5 Å². The van der Waals surface area contributed by atoms with Crippen LogP contribution in [-0.4, -0.2) is 46.7 Å². The van der Waals surface area contributed by atoms with Crippen molar-refractivity contribution in [2.45, 2.75) is 78.7 Å². The van der Waals surface area contributed by atoms with E-state index in [1.807, 2.05) is 13.8 Å². The molecular formula is C24H36N2O6. The molecule has 0 radical (unpaired) electrons. The average molecular weight is 449 g/mol. The lowest BCUT2D eigenvalue weighted by molar-refractivity contribution is -0.171. The maximum absolute atomic E-state index is 13.6. The van der Waals surface area contributed by atoms with Gasteiger partial charge >= 0.3 is 5.97 Å². The molecule has 1 aromatic rings. The van der Waals surface area contributed by atoms with Crippen molar-refractivity contribution in [1.82, 2.24) is 10.6 Å². The fraction of sp³-hybridized carbons (Fsp3) is 0.625. The topological polar surface area (TPSA) is 125 Å². The number of nitrogens with one attached hydrogen (secondary N) is 2. The van der Waals surface area contributed by atoms with Crippen LogP contribution in [0.15, 0.2) is 12.1 Å². The van der Waals surface area contributed by atoms with Gasteiger partial charge in [-0.1, -0.05) is 26.0 Å². The SMILES string of the molecule is CNC(=O)[C@@H](CC(C)C)NC(=O)C1(C(=O)OC(C)(C)C)Cc2cc(CO)c(CO)cc2C1. The number of carbonyl (C=O) groups excluding carboxylic acids is 3. The molecule has 1 atom stereocenters. The van der Waals surface area contributed by atoms with Crippen molar-refractivity contribution < 1.29 is 29.3 Å². The molecule has 178 valence electrons. The van der Waals surface area contributed by atoms with E-state index < -0.39 is 28.9 Å². The van der Waals surface area contributed by atoms with Crippen LogP contribution in [0.1, 0.15) is 63.3 Å². The number of benzene rings is 1. The van der Waals surface area contributed by atoms with Crippen LogP contribution in [0.5, 0.6) is 0 Å². The summed E-state index contributed by atoms with van der Waals surface area (Å²) in [4.78, 5) is 39.3. The normalized spacial score (nSPS) is 15.8. The Balaban J connectivity index is 2.47. The van der Waals surface area contributed by atoms with Crippen LogP contribution in [0.3, 0.4) is 0 Å². The van der Waals surface area contributed by atoms with E-state index in [9.17, 15) is 24.6 Å². The van der Waals surface area contributed by atoms with Gasteiger partial charge < -0.3 is 25.6 Å². The largest absolute Gasteiger partial charge is 0.459 e. The molecule has 8 nitrogen and oxygen atoms in total. The summed E-state index contributed by atoms with van der Waals surface area (Å²) in [6.45, 7) is 8.58. The highest BCUT2D eigenvalue weighted by molar-refractivity contribution is 6.05. The molecule has 1 aliphatic rings. The molecule has 0 unspecified atom stereocenters. The minimum Gasteiger partial charge on any atom is -0.459 e. The van der Waals surface area contributed by atoms with Crippen LogP contribution >= 0.6 is 0 Å². The summed E-state index contributed by atoms with van der Waals surface area (Å²) in [5.41, 5.74) is 0.244. The van der Waals surface area contributed by atoms with E-state index in [1.165, 1.54) is 7.05 Å². The third kappa shape index (κ3) is 5.66. The fourth-order valence-corrected chi connectivity index (χ4v) is 4.07. The Morgan fingerprint density at radius 2 is 1.56 bits per heavy atom. The Kier molecular flexibility index (Phi) is 8.07. The molecule has 8 heteroatoms. The quantitative estimate of drug-likeness (QED) is 0.352. The zero-order valence-electron chi connectivity index (χ0n) is 19.9. The highest BCUT2D eigenvalue weighted by Gasteiger charge is 2.53. The van der Waals surface area contributed by atoms with E-state index in [-0.39, 0.29) is 37.9 Å². The van der Waals surface area contributed by atoms with E-state index in [0.717, 1.165) is 11.1 Å². The van der Waals surface area contributed by atoms with Crippen LogP contribution in [0.2, 0.25) is 0 Å². The molecule has 0 saturated heterocycles. The second kappa shape index (κ2) is 10.0. The molecule has 0 aliphatic heterocycles. The molecule has 2 rings (SSSR count).